The molecule has 0 bridgehead atoms. The summed E-state index contributed by atoms with van der Waals surface area (Å²) in [6.07, 6.45) is 1.11. The lowest BCUT2D eigenvalue weighted by molar-refractivity contribution is 0.414. The summed E-state index contributed by atoms with van der Waals surface area (Å²) in [5.74, 6) is 1.99. The zero-order valence-electron chi connectivity index (χ0n) is 17.7. The first-order valence-corrected chi connectivity index (χ1v) is 10.1. The van der Waals surface area contributed by atoms with Gasteiger partial charge in [-0.15, -0.1) is 0 Å². The zero-order chi connectivity index (χ0) is 20.8. The maximum atomic E-state index is 13.9. The van der Waals surface area contributed by atoms with Crippen LogP contribution < -0.4 is 20.3 Å². The third-order valence-corrected chi connectivity index (χ3v) is 5.54. The smallest absolute Gasteiger partial charge is 0.191 e. The van der Waals surface area contributed by atoms with E-state index in [0.717, 1.165) is 49.0 Å². The molecular weight excluding hydrogens is 367 g/mol. The van der Waals surface area contributed by atoms with Crippen LogP contribution in [-0.4, -0.2) is 39.8 Å². The van der Waals surface area contributed by atoms with E-state index in [0.29, 0.717) is 11.5 Å². The van der Waals surface area contributed by atoms with Gasteiger partial charge < -0.3 is 20.3 Å². The van der Waals surface area contributed by atoms with E-state index in [1.165, 1.54) is 0 Å². The van der Waals surface area contributed by atoms with E-state index in [1.54, 1.807) is 27.1 Å². The second-order valence-electron chi connectivity index (χ2n) is 7.60. The molecule has 3 rings (SSSR count). The number of nitrogens with zero attached hydrogens (tertiary/aromatic N) is 2. The molecule has 1 heterocycles. The molecule has 0 amide bonds. The number of benzene rings is 2. The first-order chi connectivity index (χ1) is 14.0. The normalized spacial score (nSPS) is 17.9. The highest BCUT2D eigenvalue weighted by Crippen LogP contribution is 2.31. The highest BCUT2D eigenvalue weighted by molar-refractivity contribution is 5.80. The average Bonchev–Trinajstić information content (AvgIpc) is 3.21. The van der Waals surface area contributed by atoms with Gasteiger partial charge >= 0.3 is 0 Å². The van der Waals surface area contributed by atoms with Gasteiger partial charge in [0.2, 0.25) is 0 Å². The molecule has 1 aliphatic rings. The molecule has 1 aliphatic heterocycles. The SMILES string of the molecule is CN=C(NCC1CCN(c2ccccc2OC)C1)NC(C)c1ccc(C)c(F)c1. The van der Waals surface area contributed by atoms with Crippen molar-refractivity contribution in [2.24, 2.45) is 10.9 Å². The largest absolute Gasteiger partial charge is 0.495 e. The first-order valence-electron chi connectivity index (χ1n) is 10.1. The van der Waals surface area contributed by atoms with Gasteiger partial charge in [-0.25, -0.2) is 4.39 Å². The van der Waals surface area contributed by atoms with E-state index >= 15 is 0 Å². The number of anilines is 1. The Bertz CT molecular complexity index is 855. The number of rotatable bonds is 6. The Labute approximate surface area is 173 Å². The zero-order valence-corrected chi connectivity index (χ0v) is 17.7. The summed E-state index contributed by atoms with van der Waals surface area (Å²) in [5, 5.41) is 6.78. The Morgan fingerprint density at radius 2 is 2.10 bits per heavy atom. The molecule has 0 aromatic heterocycles. The summed E-state index contributed by atoms with van der Waals surface area (Å²) in [4.78, 5) is 6.70. The number of para-hydroxylation sites is 2. The van der Waals surface area contributed by atoms with Crippen molar-refractivity contribution in [2.75, 3.05) is 38.7 Å². The molecule has 29 heavy (non-hydrogen) atoms. The predicted molar refractivity (Wildman–Crippen MR) is 117 cm³/mol. The van der Waals surface area contributed by atoms with Crippen LogP contribution >= 0.6 is 0 Å². The van der Waals surface area contributed by atoms with Gasteiger partial charge in [0, 0.05) is 26.7 Å². The minimum absolute atomic E-state index is 0.0371. The number of hydrogen-bond acceptors (Lipinski definition) is 3. The number of guanidine groups is 1. The Morgan fingerprint density at radius 3 is 2.83 bits per heavy atom. The van der Waals surface area contributed by atoms with Crippen molar-refractivity contribution in [2.45, 2.75) is 26.3 Å². The summed E-state index contributed by atoms with van der Waals surface area (Å²) >= 11 is 0. The van der Waals surface area contributed by atoms with Crippen LogP contribution in [0, 0.1) is 18.7 Å². The Hall–Kier alpha value is -2.76. The summed E-state index contributed by atoms with van der Waals surface area (Å²) in [5.41, 5.74) is 2.71. The number of hydrogen-bond donors (Lipinski definition) is 2. The van der Waals surface area contributed by atoms with Crippen molar-refractivity contribution >= 4 is 11.6 Å². The second-order valence-corrected chi connectivity index (χ2v) is 7.60. The van der Waals surface area contributed by atoms with Crippen LogP contribution in [0.15, 0.2) is 47.5 Å². The second kappa shape index (κ2) is 9.63. The molecule has 2 unspecified atom stereocenters. The number of nitrogens with one attached hydrogen (secondary N) is 2. The van der Waals surface area contributed by atoms with Gasteiger partial charge in [-0.1, -0.05) is 24.3 Å². The van der Waals surface area contributed by atoms with Crippen molar-refractivity contribution in [1.82, 2.24) is 10.6 Å². The Kier molecular flexibility index (Phi) is 6.96. The topological polar surface area (TPSA) is 48.9 Å². The van der Waals surface area contributed by atoms with Crippen molar-refractivity contribution in [1.29, 1.82) is 0 Å². The molecule has 5 nitrogen and oxygen atoms in total. The lowest BCUT2D eigenvalue weighted by atomic mass is 10.1. The van der Waals surface area contributed by atoms with Crippen LogP contribution in [0.1, 0.15) is 30.5 Å². The molecule has 156 valence electrons. The summed E-state index contributed by atoms with van der Waals surface area (Å²) < 4.78 is 19.4. The summed E-state index contributed by atoms with van der Waals surface area (Å²) in [6.45, 7) is 6.60. The van der Waals surface area contributed by atoms with Crippen LogP contribution in [0.25, 0.3) is 0 Å². The number of methoxy groups -OCH3 is 1. The minimum atomic E-state index is -0.179. The summed E-state index contributed by atoms with van der Waals surface area (Å²) in [7, 11) is 3.47. The molecule has 2 aromatic carbocycles. The molecule has 0 radical (unpaired) electrons. The fraction of sp³-hybridized carbons (Fsp3) is 0.435. The van der Waals surface area contributed by atoms with Gasteiger partial charge in [0.05, 0.1) is 18.8 Å². The summed E-state index contributed by atoms with van der Waals surface area (Å²) in [6, 6.07) is 13.5. The quantitative estimate of drug-likeness (QED) is 0.572. The first kappa shape index (κ1) is 21.0. The molecule has 6 heteroatoms. The van der Waals surface area contributed by atoms with E-state index in [4.69, 9.17) is 4.74 Å². The monoisotopic (exact) mass is 398 g/mol. The Balaban J connectivity index is 1.53. The molecule has 2 aromatic rings. The molecule has 2 atom stereocenters. The number of aryl methyl sites for hydroxylation is 1. The van der Waals surface area contributed by atoms with Crippen LogP contribution in [0.5, 0.6) is 5.75 Å². The van der Waals surface area contributed by atoms with Crippen molar-refractivity contribution in [3.8, 4) is 5.75 Å². The average molecular weight is 399 g/mol. The molecule has 2 N–H and O–H groups in total. The standard InChI is InChI=1S/C23H31FN4O/c1-16-9-10-19(13-20(16)24)17(2)27-23(25-3)26-14-18-11-12-28(15-18)21-7-5-6-8-22(21)29-4/h5-10,13,17-18H,11-12,14-15H2,1-4H3,(H2,25,26,27). The fourth-order valence-electron chi connectivity index (χ4n) is 3.71. The van der Waals surface area contributed by atoms with Gasteiger partial charge in [-0.05, 0) is 55.5 Å². The van der Waals surface area contributed by atoms with Crippen molar-refractivity contribution in [3.63, 3.8) is 0 Å². The molecule has 1 saturated heterocycles. The number of ether oxygens (including phenoxy) is 1. The van der Waals surface area contributed by atoms with E-state index < -0.39 is 0 Å². The van der Waals surface area contributed by atoms with E-state index in [9.17, 15) is 4.39 Å². The van der Waals surface area contributed by atoms with E-state index in [-0.39, 0.29) is 11.9 Å². The van der Waals surface area contributed by atoms with Gasteiger partial charge in [-0.2, -0.15) is 0 Å². The molecule has 0 spiro atoms. The molecule has 0 saturated carbocycles. The molecular formula is C23H31FN4O. The van der Waals surface area contributed by atoms with Crippen molar-refractivity contribution in [3.05, 3.63) is 59.4 Å². The number of aliphatic imine (C=N–C) groups is 1. The Morgan fingerprint density at radius 1 is 1.31 bits per heavy atom. The minimum Gasteiger partial charge on any atom is -0.495 e. The highest BCUT2D eigenvalue weighted by atomic mass is 19.1. The van der Waals surface area contributed by atoms with Crippen LogP contribution in [0.4, 0.5) is 10.1 Å². The maximum absolute atomic E-state index is 13.9. The highest BCUT2D eigenvalue weighted by Gasteiger charge is 2.24. The molecule has 0 aliphatic carbocycles. The van der Waals surface area contributed by atoms with Gasteiger partial charge in [0.25, 0.3) is 0 Å². The maximum Gasteiger partial charge on any atom is 0.191 e. The van der Waals surface area contributed by atoms with E-state index in [1.807, 2.05) is 37.3 Å². The van der Waals surface area contributed by atoms with Crippen LogP contribution in [-0.2, 0) is 0 Å². The van der Waals surface area contributed by atoms with E-state index in [2.05, 4.69) is 26.6 Å². The van der Waals surface area contributed by atoms with Gasteiger partial charge in [0.1, 0.15) is 11.6 Å². The molecule has 1 fully saturated rings. The van der Waals surface area contributed by atoms with Gasteiger partial charge in [0.15, 0.2) is 5.96 Å². The number of halogens is 1. The fourth-order valence-corrected chi connectivity index (χ4v) is 3.71. The lowest BCUT2D eigenvalue weighted by Crippen LogP contribution is -2.41. The van der Waals surface area contributed by atoms with Crippen LogP contribution in [0.3, 0.4) is 0 Å². The third kappa shape index (κ3) is 5.19. The van der Waals surface area contributed by atoms with Crippen molar-refractivity contribution < 1.29 is 9.13 Å². The lowest BCUT2D eigenvalue weighted by Gasteiger charge is -2.22. The predicted octanol–water partition coefficient (Wildman–Crippen LogP) is 3.90. The van der Waals surface area contributed by atoms with Gasteiger partial charge in [-0.3, -0.25) is 4.99 Å². The third-order valence-electron chi connectivity index (χ3n) is 5.54. The van der Waals surface area contributed by atoms with Crippen LogP contribution in [0.2, 0.25) is 0 Å².